The van der Waals surface area contributed by atoms with Gasteiger partial charge in [-0.2, -0.15) is 0 Å². The number of anilines is 1. The van der Waals surface area contributed by atoms with Crippen LogP contribution in [0.4, 0.5) is 5.69 Å². The maximum Gasteiger partial charge on any atom is 0.151 e. The minimum absolute atomic E-state index is 0.0891. The Kier molecular flexibility index (Phi) is 3.28. The Morgan fingerprint density at radius 2 is 1.95 bits per heavy atom. The highest BCUT2D eigenvalue weighted by Crippen LogP contribution is 2.38. The Morgan fingerprint density at radius 1 is 1.24 bits per heavy atom. The maximum absolute atomic E-state index is 13.0. The quantitative estimate of drug-likeness (QED) is 0.878. The van der Waals surface area contributed by atoms with E-state index in [1.807, 2.05) is 44.2 Å². The fourth-order valence-electron chi connectivity index (χ4n) is 3.15. The number of aromatic nitrogens is 1. The Hall–Kier alpha value is -2.16. The molecule has 21 heavy (non-hydrogen) atoms. The first kappa shape index (κ1) is 13.8. The summed E-state index contributed by atoms with van der Waals surface area (Å²) in [5.74, 6) is 0.151. The van der Waals surface area contributed by atoms with Gasteiger partial charge in [0, 0.05) is 17.3 Å². The third-order valence-corrected chi connectivity index (χ3v) is 4.52. The molecule has 1 aliphatic rings. The second-order valence-corrected chi connectivity index (χ2v) is 6.25. The minimum Gasteiger partial charge on any atom is -0.399 e. The lowest BCUT2D eigenvalue weighted by Crippen LogP contribution is -2.33. The molecule has 0 fully saturated rings. The molecule has 3 heteroatoms. The van der Waals surface area contributed by atoms with Gasteiger partial charge in [-0.1, -0.05) is 18.2 Å². The number of pyridine rings is 1. The summed E-state index contributed by atoms with van der Waals surface area (Å²) >= 11 is 0. The zero-order valence-electron chi connectivity index (χ0n) is 12.5. The number of benzene rings is 1. The molecule has 2 aromatic rings. The lowest BCUT2D eigenvalue weighted by Gasteiger charge is -2.27. The summed E-state index contributed by atoms with van der Waals surface area (Å²) in [5, 5.41) is 0. The van der Waals surface area contributed by atoms with Crippen molar-refractivity contribution >= 4 is 11.5 Å². The molecule has 1 aromatic heterocycles. The van der Waals surface area contributed by atoms with Gasteiger partial charge in [-0.15, -0.1) is 0 Å². The van der Waals surface area contributed by atoms with E-state index in [0.717, 1.165) is 29.8 Å². The number of ketones is 1. The Labute approximate surface area is 125 Å². The van der Waals surface area contributed by atoms with Crippen molar-refractivity contribution in [2.24, 2.45) is 0 Å². The smallest absolute Gasteiger partial charge is 0.151 e. The predicted octanol–water partition coefficient (Wildman–Crippen LogP) is 3.24. The van der Waals surface area contributed by atoms with Crippen molar-refractivity contribution in [1.29, 1.82) is 0 Å². The van der Waals surface area contributed by atoms with Crippen molar-refractivity contribution < 1.29 is 4.79 Å². The third kappa shape index (κ3) is 2.33. The van der Waals surface area contributed by atoms with Gasteiger partial charge in [0.1, 0.15) is 0 Å². The van der Waals surface area contributed by atoms with Gasteiger partial charge in [0.25, 0.3) is 0 Å². The number of Topliss-reactive ketones (excluding diaryl/α,β-unsaturated/α-hetero) is 1. The molecule has 1 heterocycles. The van der Waals surface area contributed by atoms with Crippen LogP contribution in [0.15, 0.2) is 42.6 Å². The van der Waals surface area contributed by atoms with Crippen LogP contribution in [-0.4, -0.2) is 10.8 Å². The molecular formula is C18H20N2O. The fourth-order valence-corrected chi connectivity index (χ4v) is 3.15. The number of aryl methyl sites for hydroxylation is 1. The molecule has 0 bridgehead atoms. The van der Waals surface area contributed by atoms with E-state index < -0.39 is 5.41 Å². The maximum atomic E-state index is 13.0. The number of carbonyl (C=O) groups is 1. The average molecular weight is 280 g/mol. The van der Waals surface area contributed by atoms with E-state index in [2.05, 4.69) is 11.1 Å². The van der Waals surface area contributed by atoms with Crippen LogP contribution in [0.25, 0.3) is 0 Å². The topological polar surface area (TPSA) is 56.0 Å². The summed E-state index contributed by atoms with van der Waals surface area (Å²) in [7, 11) is 0. The van der Waals surface area contributed by atoms with Crippen LogP contribution in [0.2, 0.25) is 0 Å². The van der Waals surface area contributed by atoms with Crippen molar-refractivity contribution in [2.45, 2.75) is 38.0 Å². The fraction of sp³-hybridized carbons (Fsp3) is 0.333. The number of rotatable bonds is 3. The Morgan fingerprint density at radius 3 is 2.67 bits per heavy atom. The monoisotopic (exact) mass is 280 g/mol. The van der Waals surface area contributed by atoms with Gasteiger partial charge in [0.15, 0.2) is 5.78 Å². The summed E-state index contributed by atoms with van der Waals surface area (Å²) in [5.41, 5.74) is 9.11. The normalized spacial score (nSPS) is 17.5. The molecule has 3 nitrogen and oxygen atoms in total. The zero-order chi connectivity index (χ0) is 15.0. The van der Waals surface area contributed by atoms with Crippen LogP contribution in [0.5, 0.6) is 0 Å². The summed E-state index contributed by atoms with van der Waals surface area (Å²) in [6.07, 6.45) is 3.58. The molecule has 0 spiro atoms. The van der Waals surface area contributed by atoms with Gasteiger partial charge in [0.2, 0.25) is 0 Å². The molecule has 3 rings (SSSR count). The van der Waals surface area contributed by atoms with Gasteiger partial charge in [-0.3, -0.25) is 9.78 Å². The number of nitrogens with zero attached hydrogens (tertiary/aromatic N) is 1. The van der Waals surface area contributed by atoms with E-state index in [4.69, 9.17) is 5.73 Å². The van der Waals surface area contributed by atoms with E-state index in [9.17, 15) is 4.79 Å². The number of carbonyl (C=O) groups excluding carboxylic acids is 1. The van der Waals surface area contributed by atoms with Gasteiger partial charge >= 0.3 is 0 Å². The molecular weight excluding hydrogens is 260 g/mol. The van der Waals surface area contributed by atoms with Crippen molar-refractivity contribution in [1.82, 2.24) is 4.98 Å². The molecule has 0 radical (unpaired) electrons. The first-order valence-corrected chi connectivity index (χ1v) is 7.34. The summed E-state index contributed by atoms with van der Waals surface area (Å²) in [6.45, 7) is 3.98. The number of hydrogen-bond acceptors (Lipinski definition) is 3. The Balaban J connectivity index is 1.93. The van der Waals surface area contributed by atoms with Crippen LogP contribution >= 0.6 is 0 Å². The van der Waals surface area contributed by atoms with E-state index in [-0.39, 0.29) is 11.7 Å². The third-order valence-electron chi connectivity index (χ3n) is 4.52. The zero-order valence-corrected chi connectivity index (χ0v) is 12.5. The van der Waals surface area contributed by atoms with Gasteiger partial charge in [0.05, 0.1) is 11.6 Å². The van der Waals surface area contributed by atoms with Crippen LogP contribution in [0.1, 0.15) is 43.0 Å². The molecule has 2 N–H and O–H groups in total. The van der Waals surface area contributed by atoms with Crippen LogP contribution in [0.3, 0.4) is 0 Å². The van der Waals surface area contributed by atoms with Gasteiger partial charge in [-0.05, 0) is 56.0 Å². The standard InChI is InChI=1S/C18H20N2O/c1-18(2,13-6-8-14(19)9-7-13)17(21)15-10-5-12-4-3-11-20-16(12)15/h3-4,6-9,11,15H,5,10,19H2,1-2H3. The molecule has 0 saturated heterocycles. The minimum atomic E-state index is -0.530. The summed E-state index contributed by atoms with van der Waals surface area (Å²) in [6, 6.07) is 11.6. The molecule has 1 unspecified atom stereocenters. The molecule has 0 saturated carbocycles. The number of fused-ring (bicyclic) bond motifs is 1. The summed E-state index contributed by atoms with van der Waals surface area (Å²) < 4.78 is 0. The van der Waals surface area contributed by atoms with Crippen molar-refractivity contribution in [3.8, 4) is 0 Å². The van der Waals surface area contributed by atoms with Crippen LogP contribution in [0, 0.1) is 0 Å². The highest BCUT2D eigenvalue weighted by Gasteiger charge is 2.39. The first-order valence-electron chi connectivity index (χ1n) is 7.34. The lowest BCUT2D eigenvalue weighted by atomic mass is 9.75. The van der Waals surface area contributed by atoms with Crippen molar-refractivity contribution in [3.05, 3.63) is 59.4 Å². The first-order chi connectivity index (χ1) is 10.00. The molecule has 0 amide bonds. The number of hydrogen-bond donors (Lipinski definition) is 1. The molecule has 108 valence electrons. The van der Waals surface area contributed by atoms with Crippen molar-refractivity contribution in [2.75, 3.05) is 5.73 Å². The largest absolute Gasteiger partial charge is 0.399 e. The van der Waals surface area contributed by atoms with Crippen LogP contribution < -0.4 is 5.73 Å². The number of nitrogen functional groups attached to an aromatic ring is 1. The van der Waals surface area contributed by atoms with E-state index >= 15 is 0 Å². The molecule has 0 aliphatic heterocycles. The second kappa shape index (κ2) is 4.99. The Bertz CT molecular complexity index is 674. The highest BCUT2D eigenvalue weighted by molar-refractivity contribution is 5.95. The van der Waals surface area contributed by atoms with E-state index in [1.165, 1.54) is 5.56 Å². The summed E-state index contributed by atoms with van der Waals surface area (Å²) in [4.78, 5) is 17.5. The molecule has 1 aliphatic carbocycles. The average Bonchev–Trinajstić information content (AvgIpc) is 2.90. The van der Waals surface area contributed by atoms with Crippen molar-refractivity contribution in [3.63, 3.8) is 0 Å². The second-order valence-electron chi connectivity index (χ2n) is 6.25. The number of nitrogens with two attached hydrogens (primary N) is 1. The van der Waals surface area contributed by atoms with Gasteiger partial charge in [-0.25, -0.2) is 0 Å². The van der Waals surface area contributed by atoms with Crippen LogP contribution in [-0.2, 0) is 16.6 Å². The predicted molar refractivity (Wildman–Crippen MR) is 84.2 cm³/mol. The van der Waals surface area contributed by atoms with E-state index in [0.29, 0.717) is 0 Å². The van der Waals surface area contributed by atoms with E-state index in [1.54, 1.807) is 6.20 Å². The molecule has 1 atom stereocenters. The SMILES string of the molecule is CC(C)(C(=O)C1CCc2cccnc21)c1ccc(N)cc1. The highest BCUT2D eigenvalue weighted by atomic mass is 16.1. The lowest BCUT2D eigenvalue weighted by molar-refractivity contribution is -0.125. The molecule has 1 aromatic carbocycles. The van der Waals surface area contributed by atoms with Gasteiger partial charge < -0.3 is 5.73 Å².